The highest BCUT2D eigenvalue weighted by Gasteiger charge is 2.32. The molecule has 0 unspecified atom stereocenters. The summed E-state index contributed by atoms with van der Waals surface area (Å²) >= 11 is 0. The average Bonchev–Trinajstić information content (AvgIpc) is 2.40. The molecule has 0 bridgehead atoms. The monoisotopic (exact) mass is 267 g/mol. The Morgan fingerprint density at radius 3 is 2.44 bits per heavy atom. The molecule has 7 nitrogen and oxygen atoms in total. The Hall–Kier alpha value is -1.22. The van der Waals surface area contributed by atoms with E-state index in [1.165, 1.54) is 6.92 Å². The molecule has 0 spiro atoms. The second-order valence-electron chi connectivity index (χ2n) is 3.05. The van der Waals surface area contributed by atoms with Gasteiger partial charge in [-0.1, -0.05) is 6.92 Å². The van der Waals surface area contributed by atoms with Crippen LogP contribution in [0.15, 0.2) is 16.1 Å². The predicted octanol–water partition coefficient (Wildman–Crippen LogP) is -0.826. The zero-order valence-corrected chi connectivity index (χ0v) is 9.88. The molecule has 1 N–H and O–H groups in total. The minimum absolute atomic E-state index is 0.164. The third-order valence-electron chi connectivity index (χ3n) is 1.80. The van der Waals surface area contributed by atoms with Crippen molar-refractivity contribution < 1.29 is 26.7 Å². The highest BCUT2D eigenvalue weighted by atomic mass is 32.2. The Morgan fingerprint density at radius 1 is 1.50 bits per heavy atom. The van der Waals surface area contributed by atoms with Gasteiger partial charge in [0.2, 0.25) is 14.9 Å². The molecule has 0 aromatic carbocycles. The summed E-state index contributed by atoms with van der Waals surface area (Å²) < 4.78 is 44.8. The summed E-state index contributed by atoms with van der Waals surface area (Å²) in [6.45, 7) is 1.40. The van der Waals surface area contributed by atoms with E-state index in [1.807, 2.05) is 0 Å². The number of nitrogens with zero attached hydrogens (tertiary/aromatic N) is 1. The van der Waals surface area contributed by atoms with Crippen molar-refractivity contribution in [2.45, 2.75) is 6.92 Å². The van der Waals surface area contributed by atoms with Gasteiger partial charge >= 0.3 is 5.97 Å². The van der Waals surface area contributed by atoms with E-state index in [1.54, 1.807) is 0 Å². The number of carbonyl (C=O) groups is 1. The molecule has 0 aromatic heterocycles. The molecule has 1 heterocycles. The minimum Gasteiger partial charge on any atom is -0.476 e. The second kappa shape index (κ2) is 3.98. The molecular weight excluding hydrogens is 258 g/mol. The van der Waals surface area contributed by atoms with E-state index in [-0.39, 0.29) is 11.4 Å². The van der Waals surface area contributed by atoms with Crippen LogP contribution in [-0.2, 0) is 24.5 Å². The first kappa shape index (κ1) is 12.8. The van der Waals surface area contributed by atoms with Crippen molar-refractivity contribution in [3.63, 3.8) is 0 Å². The standard InChI is InChI=1S/C7H9NO6S2/c1-2-15(11,12)3-5-4-16(13,14)6(8-5)7(9)10/h4H,2-3H2,1H3,(H,9,10). The first-order chi connectivity index (χ1) is 7.18. The number of carboxylic acids is 1. The van der Waals surface area contributed by atoms with E-state index < -0.39 is 36.4 Å². The summed E-state index contributed by atoms with van der Waals surface area (Å²) in [4.78, 5) is 13.8. The lowest BCUT2D eigenvalue weighted by atomic mass is 10.6. The maximum Gasteiger partial charge on any atom is 0.366 e. The fourth-order valence-electron chi connectivity index (χ4n) is 1.02. The molecule has 1 aliphatic heterocycles. The summed E-state index contributed by atoms with van der Waals surface area (Å²) in [5, 5.41) is 8.07. The molecule has 1 aliphatic rings. The van der Waals surface area contributed by atoms with Gasteiger partial charge in [-0.15, -0.1) is 0 Å². The number of aliphatic imine (C=N–C) groups is 1. The molecule has 0 saturated carbocycles. The first-order valence-electron chi connectivity index (χ1n) is 4.16. The molecule has 0 aromatic rings. The molecule has 1 rings (SSSR count). The predicted molar refractivity (Wildman–Crippen MR) is 56.4 cm³/mol. The van der Waals surface area contributed by atoms with E-state index in [0.29, 0.717) is 5.41 Å². The lowest BCUT2D eigenvalue weighted by Gasteiger charge is -1.97. The normalized spacial score (nSPS) is 19.1. The van der Waals surface area contributed by atoms with E-state index in [0.717, 1.165) is 0 Å². The van der Waals surface area contributed by atoms with E-state index in [2.05, 4.69) is 4.99 Å². The fourth-order valence-corrected chi connectivity index (χ4v) is 3.02. The topological polar surface area (TPSA) is 118 Å². The molecule has 0 fully saturated rings. The molecule has 16 heavy (non-hydrogen) atoms. The summed E-state index contributed by atoms with van der Waals surface area (Å²) in [5.74, 6) is -2.43. The van der Waals surface area contributed by atoms with Crippen LogP contribution in [0.4, 0.5) is 0 Å². The number of hydrogen-bond donors (Lipinski definition) is 1. The quantitative estimate of drug-likeness (QED) is 0.710. The van der Waals surface area contributed by atoms with Gasteiger partial charge in [0.15, 0.2) is 9.84 Å². The van der Waals surface area contributed by atoms with E-state index in [9.17, 15) is 21.6 Å². The maximum atomic E-state index is 11.2. The summed E-state index contributed by atoms with van der Waals surface area (Å²) in [6.07, 6.45) is 0. The van der Waals surface area contributed by atoms with Crippen LogP contribution in [0.5, 0.6) is 0 Å². The number of aliphatic carboxylic acids is 1. The summed E-state index contributed by atoms with van der Waals surface area (Å²) in [7, 11) is -7.53. The Morgan fingerprint density at radius 2 is 2.06 bits per heavy atom. The Kier molecular flexibility index (Phi) is 3.20. The van der Waals surface area contributed by atoms with Gasteiger partial charge in [0.1, 0.15) is 0 Å². The van der Waals surface area contributed by atoms with E-state index in [4.69, 9.17) is 5.11 Å². The third kappa shape index (κ3) is 2.67. The molecule has 0 saturated heterocycles. The SMILES string of the molecule is CCS(=O)(=O)CC1=CS(=O)(=O)C(C(=O)O)=N1. The van der Waals surface area contributed by atoms with Crippen LogP contribution in [0.3, 0.4) is 0 Å². The average molecular weight is 267 g/mol. The van der Waals surface area contributed by atoms with Gasteiger partial charge in [0, 0.05) is 5.75 Å². The maximum absolute atomic E-state index is 11.2. The van der Waals surface area contributed by atoms with Crippen molar-refractivity contribution in [3.05, 3.63) is 11.1 Å². The molecule has 90 valence electrons. The van der Waals surface area contributed by atoms with Gasteiger partial charge in [-0.2, -0.15) is 0 Å². The minimum atomic E-state index is -4.09. The first-order valence-corrected chi connectivity index (χ1v) is 7.53. The van der Waals surface area contributed by atoms with Crippen molar-refractivity contribution in [3.8, 4) is 0 Å². The fraction of sp³-hybridized carbons (Fsp3) is 0.429. The van der Waals surface area contributed by atoms with Crippen molar-refractivity contribution in [2.24, 2.45) is 4.99 Å². The molecule has 0 amide bonds. The van der Waals surface area contributed by atoms with Gasteiger partial charge in [-0.3, -0.25) is 0 Å². The van der Waals surface area contributed by atoms with Gasteiger partial charge in [0.25, 0.3) is 0 Å². The molecule has 0 atom stereocenters. The Balaban J connectivity index is 3.10. The lowest BCUT2D eigenvalue weighted by molar-refractivity contribution is -0.129. The number of hydrogen-bond acceptors (Lipinski definition) is 6. The number of carboxylic acid groups (broad SMARTS) is 1. The van der Waals surface area contributed by atoms with Crippen molar-refractivity contribution >= 4 is 30.7 Å². The van der Waals surface area contributed by atoms with Crippen LogP contribution in [0.2, 0.25) is 0 Å². The van der Waals surface area contributed by atoms with Crippen LogP contribution in [0.1, 0.15) is 6.92 Å². The van der Waals surface area contributed by atoms with Gasteiger partial charge in [-0.25, -0.2) is 26.6 Å². The van der Waals surface area contributed by atoms with Crippen molar-refractivity contribution in [1.29, 1.82) is 0 Å². The third-order valence-corrected chi connectivity index (χ3v) is 4.80. The zero-order valence-electron chi connectivity index (χ0n) is 8.24. The van der Waals surface area contributed by atoms with Crippen LogP contribution in [0.25, 0.3) is 0 Å². The molecule has 9 heteroatoms. The highest BCUT2D eigenvalue weighted by Crippen LogP contribution is 2.16. The Bertz CT molecular complexity index is 580. The molecular formula is C7H9NO6S2. The Labute approximate surface area is 92.3 Å². The van der Waals surface area contributed by atoms with Crippen LogP contribution < -0.4 is 0 Å². The lowest BCUT2D eigenvalue weighted by Crippen LogP contribution is -2.19. The summed E-state index contributed by atoms with van der Waals surface area (Å²) in [5.41, 5.74) is -0.265. The molecule has 0 aliphatic carbocycles. The largest absolute Gasteiger partial charge is 0.476 e. The smallest absolute Gasteiger partial charge is 0.366 e. The van der Waals surface area contributed by atoms with Crippen LogP contribution in [0, 0.1) is 0 Å². The van der Waals surface area contributed by atoms with Crippen LogP contribution >= 0.6 is 0 Å². The zero-order chi connectivity index (χ0) is 12.6. The summed E-state index contributed by atoms with van der Waals surface area (Å²) in [6, 6.07) is 0. The highest BCUT2D eigenvalue weighted by molar-refractivity contribution is 8.11. The van der Waals surface area contributed by atoms with Gasteiger partial charge in [0.05, 0.1) is 16.9 Å². The van der Waals surface area contributed by atoms with Crippen LogP contribution in [-0.4, -0.2) is 44.5 Å². The second-order valence-corrected chi connectivity index (χ2v) is 7.12. The van der Waals surface area contributed by atoms with Crippen molar-refractivity contribution in [2.75, 3.05) is 11.5 Å². The van der Waals surface area contributed by atoms with E-state index >= 15 is 0 Å². The number of sulfone groups is 2. The van der Waals surface area contributed by atoms with Gasteiger partial charge < -0.3 is 5.11 Å². The van der Waals surface area contributed by atoms with Crippen molar-refractivity contribution in [1.82, 2.24) is 0 Å². The number of rotatable bonds is 4. The van der Waals surface area contributed by atoms with Gasteiger partial charge in [-0.05, 0) is 0 Å². The molecule has 0 radical (unpaired) electrons.